The molecule has 0 aliphatic carbocycles. The first-order valence-corrected chi connectivity index (χ1v) is 14.7. The molecule has 1 aliphatic rings. The second-order valence-electron chi connectivity index (χ2n) is 8.52. The van der Waals surface area contributed by atoms with E-state index in [9.17, 15) is 8.60 Å². The molecule has 0 bridgehead atoms. The fraction of sp³-hybridized carbons (Fsp3) is 0.586. The summed E-state index contributed by atoms with van der Waals surface area (Å²) in [5.41, 5.74) is 0.997. The molecule has 1 aliphatic heterocycles. The topological polar surface area (TPSA) is 87.6 Å². The smallest absolute Gasteiger partial charge is 0.215 e. The molecule has 1 unspecified atom stereocenters. The SMILES string of the molecule is C=N/C=C(\N/C=C(\C(=C)OC)S(=O)C(C)(C)C)c1cc(F)nc(NCC2CCNCC2)c1.CC.CC.CC. The average Bonchev–Trinajstić information content (AvgIpc) is 2.94. The van der Waals surface area contributed by atoms with Gasteiger partial charge in [-0.2, -0.15) is 4.39 Å². The Morgan fingerprint density at radius 2 is 1.79 bits per heavy atom. The highest BCUT2D eigenvalue weighted by Crippen LogP contribution is 2.25. The first kappa shape index (κ1) is 37.6. The van der Waals surface area contributed by atoms with Crippen LogP contribution in [0.5, 0.6) is 0 Å². The number of methoxy groups -OCH3 is 1. The van der Waals surface area contributed by atoms with Crippen LogP contribution in [0.15, 0.2) is 46.8 Å². The maximum absolute atomic E-state index is 14.3. The number of pyridine rings is 1. The molecule has 9 heteroatoms. The zero-order valence-electron chi connectivity index (χ0n) is 25.3. The summed E-state index contributed by atoms with van der Waals surface area (Å²) in [6.45, 7) is 27.6. The average molecular weight is 554 g/mol. The van der Waals surface area contributed by atoms with Gasteiger partial charge in [-0.3, -0.25) is 9.20 Å². The second kappa shape index (κ2) is 21.4. The van der Waals surface area contributed by atoms with Gasteiger partial charge in [-0.1, -0.05) is 48.1 Å². The molecule has 218 valence electrons. The van der Waals surface area contributed by atoms with Crippen molar-refractivity contribution in [2.75, 3.05) is 32.1 Å². The van der Waals surface area contributed by atoms with E-state index in [0.717, 1.165) is 32.5 Å². The Morgan fingerprint density at radius 3 is 2.29 bits per heavy atom. The van der Waals surface area contributed by atoms with Gasteiger partial charge < -0.3 is 20.7 Å². The Morgan fingerprint density at radius 1 is 1.21 bits per heavy atom. The number of piperidine rings is 1. The van der Waals surface area contributed by atoms with Gasteiger partial charge >= 0.3 is 0 Å². The monoisotopic (exact) mass is 553 g/mol. The third-order valence-corrected chi connectivity index (χ3v) is 6.85. The van der Waals surface area contributed by atoms with Crippen molar-refractivity contribution in [1.29, 1.82) is 0 Å². The molecular formula is C29H52FN5O2S. The van der Waals surface area contributed by atoms with Gasteiger partial charge in [-0.05, 0) is 65.4 Å². The molecule has 0 aromatic carbocycles. The normalized spacial score (nSPS) is 14.7. The van der Waals surface area contributed by atoms with E-state index in [4.69, 9.17) is 4.74 Å². The number of anilines is 1. The standard InChI is InChI=1S/C23H34FN5O2S.3C2H6/c1-16(31-6)20(32(30)23(2,3)4)15-27-19(14-25-5)18-11-21(24)29-22(12-18)28-13-17-7-9-26-10-8-17;3*1-2/h11-12,14-15,17,26-27H,1,5,7-10,13H2,2-4,6H3,(H,28,29);3*1-2H3/b19-14-,20-15+;;;. The number of nitrogens with one attached hydrogen (secondary N) is 3. The van der Waals surface area contributed by atoms with Crippen molar-refractivity contribution in [1.82, 2.24) is 15.6 Å². The fourth-order valence-electron chi connectivity index (χ4n) is 3.18. The Bertz CT molecular complexity index is 905. The number of halogens is 1. The zero-order chi connectivity index (χ0) is 29.7. The highest BCUT2D eigenvalue weighted by atomic mass is 32.2. The molecule has 38 heavy (non-hydrogen) atoms. The summed E-state index contributed by atoms with van der Waals surface area (Å²) in [5, 5.41) is 9.65. The largest absolute Gasteiger partial charge is 0.496 e. The third-order valence-electron chi connectivity index (χ3n) is 4.99. The molecule has 1 aromatic rings. The van der Waals surface area contributed by atoms with Crippen LogP contribution in [0.25, 0.3) is 5.70 Å². The van der Waals surface area contributed by atoms with E-state index < -0.39 is 21.5 Å². The van der Waals surface area contributed by atoms with Gasteiger partial charge in [-0.25, -0.2) is 4.98 Å². The molecule has 2 rings (SSSR count). The van der Waals surface area contributed by atoms with Crippen LogP contribution >= 0.6 is 0 Å². The maximum Gasteiger partial charge on any atom is 0.215 e. The van der Waals surface area contributed by atoms with Gasteiger partial charge in [0.05, 0.1) is 34.7 Å². The summed E-state index contributed by atoms with van der Waals surface area (Å²) in [7, 11) is 0.0689. The minimum absolute atomic E-state index is 0.280. The first-order chi connectivity index (χ1) is 18.2. The fourth-order valence-corrected chi connectivity index (χ4v) is 4.29. The molecule has 1 atom stereocenters. The summed E-state index contributed by atoms with van der Waals surface area (Å²) in [4.78, 5) is 8.19. The predicted octanol–water partition coefficient (Wildman–Crippen LogP) is 6.85. The van der Waals surface area contributed by atoms with Crippen molar-refractivity contribution >= 4 is 29.0 Å². The minimum atomic E-state index is -1.40. The van der Waals surface area contributed by atoms with Gasteiger partial charge in [-0.15, -0.1) is 0 Å². The van der Waals surface area contributed by atoms with E-state index in [1.807, 2.05) is 62.3 Å². The predicted molar refractivity (Wildman–Crippen MR) is 165 cm³/mol. The number of aliphatic imine (C=N–C) groups is 1. The molecular weight excluding hydrogens is 501 g/mol. The molecule has 7 nitrogen and oxygen atoms in total. The molecule has 1 saturated heterocycles. The van der Waals surface area contributed by atoms with Crippen molar-refractivity contribution in [2.45, 2.75) is 79.9 Å². The zero-order valence-corrected chi connectivity index (χ0v) is 26.2. The number of rotatable bonds is 10. The summed E-state index contributed by atoms with van der Waals surface area (Å²) >= 11 is 0. The second-order valence-corrected chi connectivity index (χ2v) is 10.7. The van der Waals surface area contributed by atoms with Gasteiger partial charge in [0, 0.05) is 29.1 Å². The molecule has 2 heterocycles. The van der Waals surface area contributed by atoms with Crippen LogP contribution in [0, 0.1) is 11.9 Å². The molecule has 0 radical (unpaired) electrons. The van der Waals surface area contributed by atoms with Gasteiger partial charge in [0.15, 0.2) is 0 Å². The van der Waals surface area contributed by atoms with Crippen LogP contribution in [-0.2, 0) is 15.5 Å². The molecule has 1 aromatic heterocycles. The highest BCUT2D eigenvalue weighted by molar-refractivity contribution is 7.90. The summed E-state index contributed by atoms with van der Waals surface area (Å²) in [6.07, 6.45) is 5.16. The lowest BCUT2D eigenvalue weighted by atomic mass is 9.98. The molecule has 1 fully saturated rings. The Labute approximate surface area is 234 Å². The quantitative estimate of drug-likeness (QED) is 0.127. The van der Waals surface area contributed by atoms with Crippen molar-refractivity contribution < 1.29 is 13.3 Å². The van der Waals surface area contributed by atoms with Crippen LogP contribution in [0.1, 0.15) is 80.7 Å². The number of hydrogen-bond acceptors (Lipinski definition) is 7. The lowest BCUT2D eigenvalue weighted by molar-refractivity contribution is 0.306. The van der Waals surface area contributed by atoms with Crippen molar-refractivity contribution in [2.24, 2.45) is 10.9 Å². The van der Waals surface area contributed by atoms with Gasteiger partial charge in [0.2, 0.25) is 5.95 Å². The number of ether oxygens (including phenoxy) is 1. The van der Waals surface area contributed by atoms with E-state index in [1.54, 1.807) is 12.3 Å². The number of hydrogen-bond donors (Lipinski definition) is 3. The van der Waals surface area contributed by atoms with E-state index in [-0.39, 0.29) is 5.76 Å². The van der Waals surface area contributed by atoms with E-state index in [1.165, 1.54) is 19.4 Å². The first-order valence-electron chi connectivity index (χ1n) is 13.6. The molecule has 0 saturated carbocycles. The number of nitrogens with zero attached hydrogens (tertiary/aromatic N) is 2. The highest BCUT2D eigenvalue weighted by Gasteiger charge is 2.25. The van der Waals surface area contributed by atoms with Gasteiger partial charge in [0.25, 0.3) is 0 Å². The van der Waals surface area contributed by atoms with Crippen molar-refractivity contribution in [3.05, 3.63) is 53.3 Å². The Hall–Kier alpha value is -2.52. The summed E-state index contributed by atoms with van der Waals surface area (Å²) in [5.74, 6) is 0.627. The third kappa shape index (κ3) is 13.9. The summed E-state index contributed by atoms with van der Waals surface area (Å²) < 4.78 is 31.9. The van der Waals surface area contributed by atoms with Crippen LogP contribution in [0.3, 0.4) is 0 Å². The van der Waals surface area contributed by atoms with E-state index in [0.29, 0.717) is 27.9 Å². The van der Waals surface area contributed by atoms with Crippen LogP contribution < -0.4 is 16.0 Å². The Balaban J connectivity index is 0. The number of aromatic nitrogens is 1. The van der Waals surface area contributed by atoms with E-state index in [2.05, 4.69) is 39.2 Å². The van der Waals surface area contributed by atoms with Crippen LogP contribution in [0.2, 0.25) is 0 Å². The van der Waals surface area contributed by atoms with Crippen molar-refractivity contribution in [3.63, 3.8) is 0 Å². The minimum Gasteiger partial charge on any atom is -0.496 e. The van der Waals surface area contributed by atoms with Crippen LogP contribution in [-0.4, -0.2) is 47.4 Å². The van der Waals surface area contributed by atoms with Crippen molar-refractivity contribution in [3.8, 4) is 0 Å². The van der Waals surface area contributed by atoms with Gasteiger partial charge in [0.1, 0.15) is 11.6 Å². The lowest BCUT2D eigenvalue weighted by Crippen LogP contribution is -2.31. The summed E-state index contributed by atoms with van der Waals surface area (Å²) in [6, 6.07) is 3.05. The van der Waals surface area contributed by atoms with E-state index >= 15 is 0 Å². The lowest BCUT2D eigenvalue weighted by Gasteiger charge is -2.23. The van der Waals surface area contributed by atoms with Crippen LogP contribution in [0.4, 0.5) is 10.2 Å². The Kier molecular flexibility index (Phi) is 21.2. The molecule has 0 spiro atoms. The molecule has 3 N–H and O–H groups in total. The molecule has 0 amide bonds. The maximum atomic E-state index is 14.3.